The summed E-state index contributed by atoms with van der Waals surface area (Å²) in [6.07, 6.45) is 1.95. The van der Waals surface area contributed by atoms with Crippen molar-refractivity contribution in [2.24, 2.45) is 0 Å². The molecule has 0 radical (unpaired) electrons. The lowest BCUT2D eigenvalue weighted by Gasteiger charge is -2.13. The molecule has 0 saturated carbocycles. The number of hydrogen-bond acceptors (Lipinski definition) is 4. The summed E-state index contributed by atoms with van der Waals surface area (Å²) >= 11 is 1.57. The second kappa shape index (κ2) is 8.18. The fourth-order valence-electron chi connectivity index (χ4n) is 2.64. The highest BCUT2D eigenvalue weighted by atomic mass is 32.2. The third-order valence-electron chi connectivity index (χ3n) is 3.89. The first-order chi connectivity index (χ1) is 13.0. The molecule has 0 unspecified atom stereocenters. The summed E-state index contributed by atoms with van der Waals surface area (Å²) in [5.74, 6) is -0.399. The third kappa shape index (κ3) is 4.62. The Bertz CT molecular complexity index is 1030. The van der Waals surface area contributed by atoms with Gasteiger partial charge in [-0.1, -0.05) is 6.07 Å². The Kier molecular flexibility index (Phi) is 5.71. The molecule has 0 saturated heterocycles. The van der Waals surface area contributed by atoms with Gasteiger partial charge in [-0.15, -0.1) is 11.8 Å². The van der Waals surface area contributed by atoms with Crippen molar-refractivity contribution in [3.63, 3.8) is 0 Å². The fourth-order valence-corrected chi connectivity index (χ4v) is 3.10. The predicted octanol–water partition coefficient (Wildman–Crippen LogP) is 3.72. The molecular weight excluding hydrogens is 365 g/mol. The van der Waals surface area contributed by atoms with Gasteiger partial charge in [0.2, 0.25) is 5.91 Å². The lowest BCUT2D eigenvalue weighted by Crippen LogP contribution is -2.29. The van der Waals surface area contributed by atoms with Gasteiger partial charge in [-0.05, 0) is 55.6 Å². The van der Waals surface area contributed by atoms with Gasteiger partial charge in [-0.3, -0.25) is 14.2 Å². The minimum Gasteiger partial charge on any atom is -0.324 e. The van der Waals surface area contributed by atoms with Gasteiger partial charge in [0, 0.05) is 27.9 Å². The van der Waals surface area contributed by atoms with Crippen molar-refractivity contribution in [2.75, 3.05) is 11.6 Å². The number of thioether (sulfide) groups is 1. The van der Waals surface area contributed by atoms with Crippen molar-refractivity contribution in [2.45, 2.75) is 18.4 Å². The van der Waals surface area contributed by atoms with Crippen LogP contribution >= 0.6 is 11.8 Å². The van der Waals surface area contributed by atoms with Crippen molar-refractivity contribution in [3.8, 4) is 11.4 Å². The zero-order valence-electron chi connectivity index (χ0n) is 14.9. The van der Waals surface area contributed by atoms with Gasteiger partial charge < -0.3 is 5.32 Å². The fraction of sp³-hybridized carbons (Fsp3) is 0.150. The normalized spacial score (nSPS) is 10.6. The van der Waals surface area contributed by atoms with E-state index < -0.39 is 0 Å². The first kappa shape index (κ1) is 18.8. The van der Waals surface area contributed by atoms with Crippen LogP contribution in [0.15, 0.2) is 64.3 Å². The van der Waals surface area contributed by atoms with E-state index in [2.05, 4.69) is 10.3 Å². The molecule has 1 heterocycles. The molecule has 0 aliphatic carbocycles. The van der Waals surface area contributed by atoms with E-state index in [1.807, 2.05) is 24.5 Å². The number of carbonyl (C=O) groups excluding carboxylic acids is 1. The van der Waals surface area contributed by atoms with E-state index in [9.17, 15) is 14.0 Å². The molecule has 3 rings (SSSR count). The molecule has 3 aromatic rings. The smallest absolute Gasteiger partial charge is 0.254 e. The summed E-state index contributed by atoms with van der Waals surface area (Å²) in [6, 6.07) is 14.5. The molecule has 0 aliphatic heterocycles. The molecule has 0 atom stereocenters. The Morgan fingerprint density at radius 3 is 2.63 bits per heavy atom. The van der Waals surface area contributed by atoms with Crippen molar-refractivity contribution in [1.29, 1.82) is 0 Å². The summed E-state index contributed by atoms with van der Waals surface area (Å²) in [5.41, 5.74) is 1.41. The van der Waals surface area contributed by atoms with Crippen molar-refractivity contribution >= 4 is 23.4 Å². The number of carbonyl (C=O) groups is 1. The van der Waals surface area contributed by atoms with E-state index in [1.165, 1.54) is 34.9 Å². The molecule has 0 fully saturated rings. The van der Waals surface area contributed by atoms with Crippen LogP contribution in [0.4, 0.5) is 10.1 Å². The number of hydrogen-bond donors (Lipinski definition) is 1. The molecular formula is C20H18FN3O2S. The second-order valence-electron chi connectivity index (χ2n) is 5.93. The second-order valence-corrected chi connectivity index (χ2v) is 6.81. The highest BCUT2D eigenvalue weighted by Crippen LogP contribution is 2.20. The molecule has 2 aromatic carbocycles. The molecule has 1 N–H and O–H groups in total. The molecule has 0 spiro atoms. The topological polar surface area (TPSA) is 64.0 Å². The van der Waals surface area contributed by atoms with Gasteiger partial charge in [0.25, 0.3) is 5.56 Å². The van der Waals surface area contributed by atoms with Crippen LogP contribution in [0.1, 0.15) is 5.69 Å². The van der Waals surface area contributed by atoms with E-state index >= 15 is 0 Å². The predicted molar refractivity (Wildman–Crippen MR) is 105 cm³/mol. The monoisotopic (exact) mass is 383 g/mol. The van der Waals surface area contributed by atoms with Crippen molar-refractivity contribution < 1.29 is 9.18 Å². The number of benzene rings is 2. The first-order valence-electron chi connectivity index (χ1n) is 8.24. The Morgan fingerprint density at radius 1 is 1.19 bits per heavy atom. The lowest BCUT2D eigenvalue weighted by atomic mass is 10.2. The number of anilines is 1. The average Bonchev–Trinajstić information content (AvgIpc) is 2.64. The van der Waals surface area contributed by atoms with Crippen LogP contribution in [0.2, 0.25) is 0 Å². The summed E-state index contributed by atoms with van der Waals surface area (Å²) < 4.78 is 14.5. The maximum absolute atomic E-state index is 13.2. The van der Waals surface area contributed by atoms with E-state index in [0.717, 1.165) is 4.90 Å². The van der Waals surface area contributed by atoms with E-state index in [0.29, 0.717) is 22.8 Å². The molecule has 0 bridgehead atoms. The van der Waals surface area contributed by atoms with E-state index in [1.54, 1.807) is 24.8 Å². The summed E-state index contributed by atoms with van der Waals surface area (Å²) in [6.45, 7) is 1.51. The zero-order chi connectivity index (χ0) is 19.4. The van der Waals surface area contributed by atoms with Gasteiger partial charge in [0.05, 0.1) is 0 Å². The van der Waals surface area contributed by atoms with Crippen LogP contribution in [0.5, 0.6) is 0 Å². The number of amides is 1. The number of aromatic nitrogens is 2. The molecule has 1 amide bonds. The number of nitrogens with one attached hydrogen (secondary N) is 1. The Balaban J connectivity index is 1.90. The maximum atomic E-state index is 13.2. The van der Waals surface area contributed by atoms with Gasteiger partial charge in [0.15, 0.2) is 0 Å². The Hall–Kier alpha value is -2.93. The average molecular weight is 383 g/mol. The number of rotatable bonds is 5. The standard InChI is InChI=1S/C20H18FN3O2S/c1-13-10-19(26)24(20(22-13)14-6-8-15(21)9-7-14)12-18(25)23-16-4-3-5-17(11-16)27-2/h3-11H,12H2,1-2H3,(H,23,25). The first-order valence-corrected chi connectivity index (χ1v) is 9.47. The Labute approximate surface area is 160 Å². The van der Waals surface area contributed by atoms with Crippen LogP contribution in [-0.4, -0.2) is 21.7 Å². The van der Waals surface area contributed by atoms with Gasteiger partial charge >= 0.3 is 0 Å². The molecule has 138 valence electrons. The molecule has 27 heavy (non-hydrogen) atoms. The van der Waals surface area contributed by atoms with Crippen LogP contribution in [-0.2, 0) is 11.3 Å². The van der Waals surface area contributed by atoms with Gasteiger partial charge in [-0.2, -0.15) is 0 Å². The zero-order valence-corrected chi connectivity index (χ0v) is 15.7. The van der Waals surface area contributed by atoms with Crippen LogP contribution in [0.3, 0.4) is 0 Å². The third-order valence-corrected chi connectivity index (χ3v) is 4.62. The molecule has 5 nitrogen and oxygen atoms in total. The van der Waals surface area contributed by atoms with Crippen LogP contribution in [0, 0.1) is 12.7 Å². The maximum Gasteiger partial charge on any atom is 0.254 e. The molecule has 7 heteroatoms. The number of nitrogens with zero attached hydrogens (tertiary/aromatic N) is 2. The largest absolute Gasteiger partial charge is 0.324 e. The summed E-state index contributed by atoms with van der Waals surface area (Å²) in [4.78, 5) is 30.3. The molecule has 1 aromatic heterocycles. The molecule has 0 aliphatic rings. The van der Waals surface area contributed by atoms with E-state index in [-0.39, 0.29) is 23.8 Å². The Morgan fingerprint density at radius 2 is 1.93 bits per heavy atom. The van der Waals surface area contributed by atoms with Gasteiger partial charge in [0.1, 0.15) is 18.2 Å². The lowest BCUT2D eigenvalue weighted by molar-refractivity contribution is -0.116. The minimum absolute atomic E-state index is 0.192. The SMILES string of the molecule is CSc1cccc(NC(=O)Cn2c(-c3ccc(F)cc3)nc(C)cc2=O)c1. The quantitative estimate of drug-likeness (QED) is 0.682. The van der Waals surface area contributed by atoms with E-state index in [4.69, 9.17) is 0 Å². The van der Waals surface area contributed by atoms with Crippen molar-refractivity contribution in [1.82, 2.24) is 9.55 Å². The summed E-state index contributed by atoms with van der Waals surface area (Å²) in [5, 5.41) is 2.79. The van der Waals surface area contributed by atoms with Crippen molar-refractivity contribution in [3.05, 3.63) is 76.5 Å². The van der Waals surface area contributed by atoms with Crippen LogP contribution in [0.25, 0.3) is 11.4 Å². The van der Waals surface area contributed by atoms with Gasteiger partial charge in [-0.25, -0.2) is 9.37 Å². The number of halogens is 1. The highest BCUT2D eigenvalue weighted by Gasteiger charge is 2.13. The number of aryl methyl sites for hydroxylation is 1. The highest BCUT2D eigenvalue weighted by molar-refractivity contribution is 7.98. The summed E-state index contributed by atoms with van der Waals surface area (Å²) in [7, 11) is 0. The van der Waals surface area contributed by atoms with Crippen LogP contribution < -0.4 is 10.9 Å². The minimum atomic E-state index is -0.383.